The quantitative estimate of drug-likeness (QED) is 0.362. The van der Waals surface area contributed by atoms with Crippen LogP contribution in [0.25, 0.3) is 28.0 Å². The van der Waals surface area contributed by atoms with Gasteiger partial charge in [0.1, 0.15) is 17.6 Å². The molecular formula is C25H25Cl2N7O. The Hall–Kier alpha value is -3.04. The summed E-state index contributed by atoms with van der Waals surface area (Å²) in [6.07, 6.45) is 2.71. The minimum atomic E-state index is -0.820. The molecule has 0 saturated carbocycles. The second kappa shape index (κ2) is 9.54. The van der Waals surface area contributed by atoms with Crippen LogP contribution in [0.4, 0.5) is 0 Å². The Morgan fingerprint density at radius 2 is 1.83 bits per heavy atom. The van der Waals surface area contributed by atoms with Gasteiger partial charge in [-0.05, 0) is 56.6 Å². The first-order chi connectivity index (χ1) is 16.9. The van der Waals surface area contributed by atoms with E-state index < -0.39 is 5.54 Å². The lowest BCUT2D eigenvalue weighted by molar-refractivity contribution is -0.125. The SMILES string of the molecule is CC(NC1(C(N)=O)CCNCC1)c1ncnc2c(-c3ccc(Cl)cc3)c(-c3ccccc3Cl)nn12. The largest absolute Gasteiger partial charge is 0.368 e. The average Bonchev–Trinajstić information content (AvgIpc) is 3.24. The molecule has 0 bridgehead atoms. The van der Waals surface area contributed by atoms with Gasteiger partial charge in [0.2, 0.25) is 5.91 Å². The van der Waals surface area contributed by atoms with Crippen molar-refractivity contribution >= 4 is 34.8 Å². The van der Waals surface area contributed by atoms with E-state index in [0.717, 1.165) is 16.7 Å². The zero-order chi connectivity index (χ0) is 24.6. The zero-order valence-corrected chi connectivity index (χ0v) is 20.6. The summed E-state index contributed by atoms with van der Waals surface area (Å²) in [4.78, 5) is 21.6. The van der Waals surface area contributed by atoms with Gasteiger partial charge in [-0.1, -0.05) is 53.5 Å². The molecule has 180 valence electrons. The Kier molecular flexibility index (Phi) is 6.46. The standard InChI is InChI=1S/C25H25Cl2N7O/c1-15(32-25(24(28)35)10-12-29-13-11-25)22-30-14-31-23-20(16-6-8-17(26)9-7-16)21(33-34(22)23)18-4-2-3-5-19(18)27/h2-9,14-15,29,32H,10-13H2,1H3,(H2,28,35). The summed E-state index contributed by atoms with van der Waals surface area (Å²) in [5, 5.41) is 12.9. The van der Waals surface area contributed by atoms with Crippen LogP contribution in [-0.2, 0) is 4.79 Å². The van der Waals surface area contributed by atoms with Crippen molar-refractivity contribution in [1.29, 1.82) is 0 Å². The maximum atomic E-state index is 12.5. The summed E-state index contributed by atoms with van der Waals surface area (Å²) in [6.45, 7) is 3.37. The van der Waals surface area contributed by atoms with E-state index >= 15 is 0 Å². The van der Waals surface area contributed by atoms with Crippen molar-refractivity contribution in [2.24, 2.45) is 5.73 Å². The van der Waals surface area contributed by atoms with Gasteiger partial charge in [-0.25, -0.2) is 9.97 Å². The van der Waals surface area contributed by atoms with Crippen molar-refractivity contribution in [3.63, 3.8) is 0 Å². The van der Waals surface area contributed by atoms with Gasteiger partial charge < -0.3 is 11.1 Å². The molecule has 1 fully saturated rings. The third kappa shape index (κ3) is 4.38. The molecule has 2 aromatic carbocycles. The van der Waals surface area contributed by atoms with Gasteiger partial charge in [-0.3, -0.25) is 10.1 Å². The maximum Gasteiger partial charge on any atom is 0.237 e. The fourth-order valence-electron chi connectivity index (χ4n) is 4.70. The molecule has 1 aliphatic rings. The number of amides is 1. The van der Waals surface area contributed by atoms with E-state index in [0.29, 0.717) is 53.1 Å². The molecule has 8 nitrogen and oxygen atoms in total. The van der Waals surface area contributed by atoms with E-state index in [4.69, 9.17) is 34.0 Å². The lowest BCUT2D eigenvalue weighted by Crippen LogP contribution is -2.60. The molecule has 35 heavy (non-hydrogen) atoms. The van der Waals surface area contributed by atoms with Gasteiger partial charge in [0.25, 0.3) is 0 Å². The lowest BCUT2D eigenvalue weighted by Gasteiger charge is -2.37. The molecule has 1 unspecified atom stereocenters. The monoisotopic (exact) mass is 509 g/mol. The van der Waals surface area contributed by atoms with Gasteiger partial charge >= 0.3 is 0 Å². The molecule has 4 aromatic rings. The topological polar surface area (TPSA) is 110 Å². The molecule has 1 atom stereocenters. The molecule has 3 heterocycles. The second-order valence-electron chi connectivity index (χ2n) is 8.74. The average molecular weight is 510 g/mol. The predicted octanol–water partition coefficient (Wildman–Crippen LogP) is 4.02. The number of fused-ring (bicyclic) bond motifs is 1. The first-order valence-electron chi connectivity index (χ1n) is 11.4. The zero-order valence-electron chi connectivity index (χ0n) is 19.1. The van der Waals surface area contributed by atoms with Crippen LogP contribution >= 0.6 is 23.2 Å². The Labute approximate surface area is 212 Å². The summed E-state index contributed by atoms with van der Waals surface area (Å²) < 4.78 is 1.72. The highest BCUT2D eigenvalue weighted by Gasteiger charge is 2.39. The molecule has 10 heteroatoms. The first-order valence-corrected chi connectivity index (χ1v) is 12.2. The van der Waals surface area contributed by atoms with Crippen LogP contribution in [0.15, 0.2) is 54.9 Å². The highest BCUT2D eigenvalue weighted by Crippen LogP contribution is 2.38. The van der Waals surface area contributed by atoms with Gasteiger partial charge in [-0.15, -0.1) is 0 Å². The third-order valence-corrected chi connectivity index (χ3v) is 7.10. The van der Waals surface area contributed by atoms with Crippen LogP contribution in [0.5, 0.6) is 0 Å². The van der Waals surface area contributed by atoms with Gasteiger partial charge in [0.15, 0.2) is 11.5 Å². The molecule has 5 rings (SSSR count). The van der Waals surface area contributed by atoms with E-state index in [1.807, 2.05) is 55.5 Å². The Bertz CT molecular complexity index is 1380. The number of aromatic nitrogens is 4. The number of nitrogens with zero attached hydrogens (tertiary/aromatic N) is 4. The van der Waals surface area contributed by atoms with E-state index in [2.05, 4.69) is 20.6 Å². The van der Waals surface area contributed by atoms with Crippen molar-refractivity contribution in [3.8, 4) is 22.4 Å². The van der Waals surface area contributed by atoms with Crippen LogP contribution in [0, 0.1) is 0 Å². The minimum absolute atomic E-state index is 0.330. The number of hydrogen-bond donors (Lipinski definition) is 3. The van der Waals surface area contributed by atoms with Gasteiger partial charge in [-0.2, -0.15) is 9.61 Å². The number of hydrogen-bond acceptors (Lipinski definition) is 6. The number of nitrogens with one attached hydrogen (secondary N) is 2. The van der Waals surface area contributed by atoms with Crippen molar-refractivity contribution in [2.75, 3.05) is 13.1 Å². The van der Waals surface area contributed by atoms with Crippen LogP contribution in [-0.4, -0.2) is 44.1 Å². The molecule has 2 aromatic heterocycles. The minimum Gasteiger partial charge on any atom is -0.368 e. The number of carbonyl (C=O) groups excluding carboxylic acids is 1. The molecule has 1 amide bonds. The smallest absolute Gasteiger partial charge is 0.237 e. The van der Waals surface area contributed by atoms with E-state index in [1.165, 1.54) is 6.33 Å². The van der Waals surface area contributed by atoms with E-state index in [1.54, 1.807) is 4.52 Å². The summed E-state index contributed by atoms with van der Waals surface area (Å²) in [5.74, 6) is 0.248. The molecule has 0 spiro atoms. The van der Waals surface area contributed by atoms with E-state index in [-0.39, 0.29) is 11.9 Å². The predicted molar refractivity (Wildman–Crippen MR) is 137 cm³/mol. The number of benzene rings is 2. The summed E-state index contributed by atoms with van der Waals surface area (Å²) in [7, 11) is 0. The molecule has 1 aliphatic heterocycles. The molecule has 4 N–H and O–H groups in total. The normalized spacial score (nSPS) is 16.3. The van der Waals surface area contributed by atoms with Gasteiger partial charge in [0, 0.05) is 10.6 Å². The molecule has 1 saturated heterocycles. The van der Waals surface area contributed by atoms with Gasteiger partial charge in [0.05, 0.1) is 16.6 Å². The Morgan fingerprint density at radius 1 is 1.11 bits per heavy atom. The van der Waals surface area contributed by atoms with Crippen LogP contribution in [0.1, 0.15) is 31.6 Å². The number of rotatable bonds is 6. The number of nitrogens with two attached hydrogens (primary N) is 1. The molecule has 0 aliphatic carbocycles. The maximum absolute atomic E-state index is 12.5. The molecule has 0 radical (unpaired) electrons. The highest BCUT2D eigenvalue weighted by atomic mass is 35.5. The van der Waals surface area contributed by atoms with Crippen LogP contribution < -0.4 is 16.4 Å². The first kappa shape index (κ1) is 23.7. The van der Waals surface area contributed by atoms with Crippen molar-refractivity contribution in [3.05, 3.63) is 70.7 Å². The third-order valence-electron chi connectivity index (χ3n) is 6.52. The highest BCUT2D eigenvalue weighted by molar-refractivity contribution is 6.33. The van der Waals surface area contributed by atoms with Crippen LogP contribution in [0.2, 0.25) is 10.0 Å². The fraction of sp³-hybridized carbons (Fsp3) is 0.280. The fourth-order valence-corrected chi connectivity index (χ4v) is 5.05. The lowest BCUT2D eigenvalue weighted by atomic mass is 9.86. The van der Waals surface area contributed by atoms with E-state index in [9.17, 15) is 4.79 Å². The number of primary amides is 1. The summed E-state index contributed by atoms with van der Waals surface area (Å²) in [5.41, 5.74) is 8.82. The van der Waals surface area contributed by atoms with Crippen molar-refractivity contribution < 1.29 is 4.79 Å². The Morgan fingerprint density at radius 3 is 2.51 bits per heavy atom. The molecular weight excluding hydrogens is 485 g/mol. The Balaban J connectivity index is 1.67. The van der Waals surface area contributed by atoms with Crippen molar-refractivity contribution in [2.45, 2.75) is 31.3 Å². The second-order valence-corrected chi connectivity index (χ2v) is 9.58. The summed E-state index contributed by atoms with van der Waals surface area (Å²) >= 11 is 12.7. The number of halogens is 2. The number of carbonyl (C=O) groups is 1. The number of piperidine rings is 1. The summed E-state index contributed by atoms with van der Waals surface area (Å²) in [6, 6.07) is 14.7. The van der Waals surface area contributed by atoms with Crippen molar-refractivity contribution in [1.82, 2.24) is 30.2 Å². The van der Waals surface area contributed by atoms with Crippen LogP contribution in [0.3, 0.4) is 0 Å².